The lowest BCUT2D eigenvalue weighted by Gasteiger charge is -2.30. The van der Waals surface area contributed by atoms with Gasteiger partial charge in [-0.05, 0) is 50.3 Å². The van der Waals surface area contributed by atoms with Gasteiger partial charge in [0.2, 0.25) is 0 Å². The van der Waals surface area contributed by atoms with E-state index in [1.165, 1.54) is 6.42 Å². The molecule has 0 aromatic heterocycles. The van der Waals surface area contributed by atoms with Crippen molar-refractivity contribution < 1.29 is 8.78 Å². The minimum Gasteiger partial charge on any atom is -0.329 e. The average Bonchev–Trinajstić information content (AvgIpc) is 2.70. The summed E-state index contributed by atoms with van der Waals surface area (Å²) in [6, 6.07) is 4.14. The second-order valence-corrected chi connectivity index (χ2v) is 6.37. The molecular formula is C17H26F2N2. The number of nitrogens with zero attached hydrogens (tertiary/aromatic N) is 1. The Morgan fingerprint density at radius 3 is 2.67 bits per heavy atom. The molecule has 4 heteroatoms. The topological polar surface area (TPSA) is 29.3 Å². The summed E-state index contributed by atoms with van der Waals surface area (Å²) in [6.07, 6.45) is 3.40. The van der Waals surface area contributed by atoms with Gasteiger partial charge in [-0.15, -0.1) is 0 Å². The number of hydrogen-bond acceptors (Lipinski definition) is 2. The summed E-state index contributed by atoms with van der Waals surface area (Å²) in [5.41, 5.74) is 6.26. The summed E-state index contributed by atoms with van der Waals surface area (Å²) in [7, 11) is 0. The Morgan fingerprint density at radius 1 is 1.24 bits per heavy atom. The Hall–Kier alpha value is -1.00. The van der Waals surface area contributed by atoms with E-state index in [4.69, 9.17) is 5.73 Å². The fourth-order valence-electron chi connectivity index (χ4n) is 3.37. The van der Waals surface area contributed by atoms with Crippen LogP contribution in [0.3, 0.4) is 0 Å². The van der Waals surface area contributed by atoms with Gasteiger partial charge >= 0.3 is 0 Å². The largest absolute Gasteiger partial charge is 0.329 e. The van der Waals surface area contributed by atoms with Crippen LogP contribution in [0.1, 0.15) is 44.7 Å². The van der Waals surface area contributed by atoms with E-state index >= 15 is 0 Å². The third-order valence-corrected chi connectivity index (χ3v) is 4.75. The molecule has 0 bridgehead atoms. The van der Waals surface area contributed by atoms with Gasteiger partial charge in [0.15, 0.2) is 11.6 Å². The third-order valence-electron chi connectivity index (χ3n) is 4.75. The molecule has 1 aliphatic rings. The van der Waals surface area contributed by atoms with E-state index in [0.717, 1.165) is 32.0 Å². The van der Waals surface area contributed by atoms with Crippen LogP contribution in [0.15, 0.2) is 18.2 Å². The Kier molecular flexibility index (Phi) is 5.71. The molecule has 1 aliphatic heterocycles. The van der Waals surface area contributed by atoms with Gasteiger partial charge in [-0.2, -0.15) is 0 Å². The Bertz CT molecular complexity index is 462. The molecule has 0 aliphatic carbocycles. The van der Waals surface area contributed by atoms with Crippen molar-refractivity contribution in [1.82, 2.24) is 4.90 Å². The van der Waals surface area contributed by atoms with E-state index < -0.39 is 11.6 Å². The van der Waals surface area contributed by atoms with Crippen molar-refractivity contribution >= 4 is 0 Å². The Morgan fingerprint density at radius 2 is 2.00 bits per heavy atom. The molecule has 1 fully saturated rings. The molecule has 1 saturated heterocycles. The predicted molar refractivity (Wildman–Crippen MR) is 81.9 cm³/mol. The van der Waals surface area contributed by atoms with Gasteiger partial charge in [-0.1, -0.05) is 26.0 Å². The molecule has 2 nitrogen and oxygen atoms in total. The highest BCUT2D eigenvalue weighted by molar-refractivity contribution is 5.23. The lowest BCUT2D eigenvalue weighted by atomic mass is 9.89. The first-order valence-corrected chi connectivity index (χ1v) is 7.92. The number of nitrogens with two attached hydrogens (primary N) is 1. The standard InChI is InChI=1S/C17H26F2N2/c1-12(2)13-5-4-9-21(10-8-13)16(11-20)14-6-3-7-15(18)17(14)19/h3,6-7,12-13,16H,4-5,8-11,20H2,1-2H3. The van der Waals surface area contributed by atoms with Gasteiger partial charge in [0.05, 0.1) is 6.04 Å². The molecule has 1 aromatic carbocycles. The summed E-state index contributed by atoms with van der Waals surface area (Å²) in [4.78, 5) is 2.22. The third kappa shape index (κ3) is 3.80. The van der Waals surface area contributed by atoms with Crippen LogP contribution in [0, 0.1) is 23.5 Å². The number of benzene rings is 1. The van der Waals surface area contributed by atoms with E-state index in [0.29, 0.717) is 23.9 Å². The zero-order chi connectivity index (χ0) is 15.4. The molecule has 2 N–H and O–H groups in total. The maximum Gasteiger partial charge on any atom is 0.163 e. The fraction of sp³-hybridized carbons (Fsp3) is 0.647. The SMILES string of the molecule is CC(C)C1CCCN(C(CN)c2cccc(F)c2F)CC1. The number of likely N-dealkylation sites (tertiary alicyclic amines) is 1. The molecule has 0 amide bonds. The average molecular weight is 296 g/mol. The molecule has 2 atom stereocenters. The summed E-state index contributed by atoms with van der Waals surface area (Å²) < 4.78 is 27.5. The highest BCUT2D eigenvalue weighted by Crippen LogP contribution is 2.30. The molecule has 0 spiro atoms. The van der Waals surface area contributed by atoms with Crippen molar-refractivity contribution in [3.63, 3.8) is 0 Å². The van der Waals surface area contributed by atoms with Crippen LogP contribution in [0.2, 0.25) is 0 Å². The van der Waals surface area contributed by atoms with E-state index in [2.05, 4.69) is 18.7 Å². The van der Waals surface area contributed by atoms with Crippen LogP contribution in [0.25, 0.3) is 0 Å². The number of halogens is 2. The van der Waals surface area contributed by atoms with Crippen LogP contribution >= 0.6 is 0 Å². The second kappa shape index (κ2) is 7.32. The Labute approximate surface area is 126 Å². The normalized spacial score (nSPS) is 22.3. The first kappa shape index (κ1) is 16.4. The van der Waals surface area contributed by atoms with E-state index in [1.54, 1.807) is 12.1 Å². The highest BCUT2D eigenvalue weighted by Gasteiger charge is 2.27. The summed E-state index contributed by atoms with van der Waals surface area (Å²) in [5.74, 6) is -0.156. The van der Waals surface area contributed by atoms with Crippen LogP contribution in [-0.2, 0) is 0 Å². The monoisotopic (exact) mass is 296 g/mol. The summed E-state index contributed by atoms with van der Waals surface area (Å²) in [6.45, 7) is 6.63. The van der Waals surface area contributed by atoms with Crippen molar-refractivity contribution in [3.8, 4) is 0 Å². The molecule has 1 aromatic rings. The van der Waals surface area contributed by atoms with Crippen molar-refractivity contribution in [2.24, 2.45) is 17.6 Å². The smallest absolute Gasteiger partial charge is 0.163 e. The molecule has 21 heavy (non-hydrogen) atoms. The zero-order valence-electron chi connectivity index (χ0n) is 13.0. The highest BCUT2D eigenvalue weighted by atomic mass is 19.2. The lowest BCUT2D eigenvalue weighted by molar-refractivity contribution is 0.199. The van der Waals surface area contributed by atoms with Gasteiger partial charge < -0.3 is 5.73 Å². The summed E-state index contributed by atoms with van der Waals surface area (Å²) >= 11 is 0. The maximum atomic E-state index is 14.0. The molecule has 1 heterocycles. The predicted octanol–water partition coefficient (Wildman–Crippen LogP) is 3.72. The molecule has 0 radical (unpaired) electrons. The first-order valence-electron chi connectivity index (χ1n) is 7.92. The van der Waals surface area contributed by atoms with Crippen LogP contribution in [0.4, 0.5) is 8.78 Å². The minimum atomic E-state index is -0.791. The van der Waals surface area contributed by atoms with Crippen molar-refractivity contribution in [1.29, 1.82) is 0 Å². The quantitative estimate of drug-likeness (QED) is 0.917. The molecule has 0 saturated carbocycles. The first-order chi connectivity index (χ1) is 10.0. The van der Waals surface area contributed by atoms with Gasteiger partial charge in [0.1, 0.15) is 0 Å². The van der Waals surface area contributed by atoms with Gasteiger partial charge in [0, 0.05) is 12.1 Å². The van der Waals surface area contributed by atoms with E-state index in [9.17, 15) is 8.78 Å². The van der Waals surface area contributed by atoms with Crippen LogP contribution < -0.4 is 5.73 Å². The maximum absolute atomic E-state index is 14.0. The minimum absolute atomic E-state index is 0.230. The molecule has 2 rings (SSSR count). The lowest BCUT2D eigenvalue weighted by Crippen LogP contribution is -2.35. The molecular weight excluding hydrogens is 270 g/mol. The fourth-order valence-corrected chi connectivity index (χ4v) is 3.37. The van der Waals surface area contributed by atoms with Crippen LogP contribution in [-0.4, -0.2) is 24.5 Å². The van der Waals surface area contributed by atoms with E-state index in [-0.39, 0.29) is 6.04 Å². The zero-order valence-corrected chi connectivity index (χ0v) is 13.0. The van der Waals surface area contributed by atoms with Crippen molar-refractivity contribution in [3.05, 3.63) is 35.4 Å². The molecule has 118 valence electrons. The van der Waals surface area contributed by atoms with Crippen molar-refractivity contribution in [2.75, 3.05) is 19.6 Å². The Balaban J connectivity index is 2.16. The number of hydrogen-bond donors (Lipinski definition) is 1. The van der Waals surface area contributed by atoms with Gasteiger partial charge in [-0.25, -0.2) is 8.78 Å². The van der Waals surface area contributed by atoms with Crippen molar-refractivity contribution in [2.45, 2.75) is 39.2 Å². The van der Waals surface area contributed by atoms with Crippen LogP contribution in [0.5, 0.6) is 0 Å². The van der Waals surface area contributed by atoms with E-state index in [1.807, 2.05) is 0 Å². The number of rotatable bonds is 4. The van der Waals surface area contributed by atoms with Gasteiger partial charge in [-0.3, -0.25) is 4.90 Å². The second-order valence-electron chi connectivity index (χ2n) is 6.37. The molecule has 2 unspecified atom stereocenters. The van der Waals surface area contributed by atoms with Gasteiger partial charge in [0.25, 0.3) is 0 Å². The summed E-state index contributed by atoms with van der Waals surface area (Å²) in [5, 5.41) is 0.